The number of rotatable bonds is 3. The second kappa shape index (κ2) is 5.80. The van der Waals surface area contributed by atoms with Crippen LogP contribution in [0.1, 0.15) is 31.4 Å². The molecule has 110 valence electrons. The standard InChI is InChI=1S/C15H19Cl2FN2/c1-9(14-11(16)2-3-12(18)15(14)17)19-13-8-20-6-4-10(13)5-7-20/h2-3,9-10,13,19H,4-8H2,1H3. The Labute approximate surface area is 129 Å². The molecule has 2 atom stereocenters. The summed E-state index contributed by atoms with van der Waals surface area (Å²) in [5.74, 6) is 0.308. The van der Waals surface area contributed by atoms with Gasteiger partial charge < -0.3 is 10.2 Å². The first-order valence-corrected chi connectivity index (χ1v) is 7.93. The van der Waals surface area contributed by atoms with Crippen molar-refractivity contribution in [1.29, 1.82) is 0 Å². The van der Waals surface area contributed by atoms with Crippen LogP contribution in [-0.2, 0) is 0 Å². The van der Waals surface area contributed by atoms with E-state index >= 15 is 0 Å². The molecule has 2 nitrogen and oxygen atoms in total. The Morgan fingerprint density at radius 1 is 1.30 bits per heavy atom. The van der Waals surface area contributed by atoms with Crippen LogP contribution in [0.3, 0.4) is 0 Å². The Balaban J connectivity index is 1.77. The van der Waals surface area contributed by atoms with Crippen LogP contribution in [0.4, 0.5) is 4.39 Å². The van der Waals surface area contributed by atoms with Gasteiger partial charge in [-0.05, 0) is 50.9 Å². The fraction of sp³-hybridized carbons (Fsp3) is 0.600. The van der Waals surface area contributed by atoms with E-state index < -0.39 is 5.82 Å². The fourth-order valence-corrected chi connectivity index (χ4v) is 4.20. The Kier molecular flexibility index (Phi) is 4.23. The summed E-state index contributed by atoms with van der Waals surface area (Å²) in [7, 11) is 0. The Bertz CT molecular complexity index is 501. The van der Waals surface area contributed by atoms with Crippen LogP contribution in [0.5, 0.6) is 0 Å². The van der Waals surface area contributed by atoms with Gasteiger partial charge in [-0.2, -0.15) is 0 Å². The van der Waals surface area contributed by atoms with Gasteiger partial charge in [-0.15, -0.1) is 0 Å². The molecule has 3 heterocycles. The number of fused-ring (bicyclic) bond motifs is 3. The van der Waals surface area contributed by atoms with Crippen molar-refractivity contribution >= 4 is 23.2 Å². The highest BCUT2D eigenvalue weighted by atomic mass is 35.5. The molecule has 2 unspecified atom stereocenters. The minimum Gasteiger partial charge on any atom is -0.306 e. The van der Waals surface area contributed by atoms with Crippen molar-refractivity contribution in [1.82, 2.24) is 10.2 Å². The maximum atomic E-state index is 13.6. The highest BCUT2D eigenvalue weighted by molar-refractivity contribution is 6.36. The van der Waals surface area contributed by atoms with E-state index in [9.17, 15) is 4.39 Å². The first kappa shape index (κ1) is 14.6. The summed E-state index contributed by atoms with van der Waals surface area (Å²) in [5.41, 5.74) is 0.671. The maximum Gasteiger partial charge on any atom is 0.142 e. The predicted octanol–water partition coefficient (Wildman–Crippen LogP) is 3.88. The van der Waals surface area contributed by atoms with Crippen molar-refractivity contribution in [3.8, 4) is 0 Å². The molecule has 1 aromatic carbocycles. The van der Waals surface area contributed by atoms with Crippen LogP contribution in [-0.4, -0.2) is 30.6 Å². The first-order chi connectivity index (χ1) is 9.56. The summed E-state index contributed by atoms with van der Waals surface area (Å²) < 4.78 is 13.6. The topological polar surface area (TPSA) is 15.3 Å². The molecule has 0 radical (unpaired) electrons. The van der Waals surface area contributed by atoms with Crippen LogP contribution in [0.15, 0.2) is 12.1 Å². The number of hydrogen-bond acceptors (Lipinski definition) is 2. The van der Waals surface area contributed by atoms with E-state index in [0.717, 1.165) is 6.54 Å². The third-order valence-electron chi connectivity index (χ3n) is 4.63. The van der Waals surface area contributed by atoms with Crippen LogP contribution < -0.4 is 5.32 Å². The van der Waals surface area contributed by atoms with Crippen LogP contribution >= 0.6 is 23.2 Å². The highest BCUT2D eigenvalue weighted by Crippen LogP contribution is 2.34. The number of nitrogens with zero attached hydrogens (tertiary/aromatic N) is 1. The number of hydrogen-bond donors (Lipinski definition) is 1. The molecule has 0 saturated carbocycles. The zero-order valence-corrected chi connectivity index (χ0v) is 13.0. The summed E-state index contributed by atoms with van der Waals surface area (Å²) in [4.78, 5) is 2.49. The highest BCUT2D eigenvalue weighted by Gasteiger charge is 2.35. The van der Waals surface area contributed by atoms with Crippen LogP contribution in [0.25, 0.3) is 0 Å². The molecule has 20 heavy (non-hydrogen) atoms. The largest absolute Gasteiger partial charge is 0.306 e. The molecule has 0 aliphatic carbocycles. The number of piperidine rings is 3. The first-order valence-electron chi connectivity index (χ1n) is 7.18. The second-order valence-electron chi connectivity index (χ2n) is 5.89. The van der Waals surface area contributed by atoms with Gasteiger partial charge in [-0.1, -0.05) is 23.2 Å². The van der Waals surface area contributed by atoms with Gasteiger partial charge in [-0.25, -0.2) is 4.39 Å². The third kappa shape index (κ3) is 2.69. The summed E-state index contributed by atoms with van der Waals surface area (Å²) in [6.07, 6.45) is 2.49. The Morgan fingerprint density at radius 2 is 2.00 bits per heavy atom. The van der Waals surface area contributed by atoms with Gasteiger partial charge in [0.25, 0.3) is 0 Å². The Hall–Kier alpha value is -0.350. The number of benzene rings is 1. The van der Waals surface area contributed by atoms with Crippen molar-refractivity contribution < 1.29 is 4.39 Å². The number of nitrogens with one attached hydrogen (secondary N) is 1. The zero-order chi connectivity index (χ0) is 14.3. The van der Waals surface area contributed by atoms with Crippen LogP contribution in [0, 0.1) is 11.7 Å². The molecule has 3 aliphatic heterocycles. The monoisotopic (exact) mass is 316 g/mol. The van der Waals surface area contributed by atoms with E-state index in [1.165, 1.54) is 32.0 Å². The molecule has 0 amide bonds. The van der Waals surface area contributed by atoms with Crippen molar-refractivity contribution in [2.45, 2.75) is 31.8 Å². The quantitative estimate of drug-likeness (QED) is 0.851. The summed E-state index contributed by atoms with van der Waals surface area (Å²) in [6, 6.07) is 3.29. The number of halogens is 3. The molecular formula is C15H19Cl2FN2. The van der Waals surface area contributed by atoms with E-state index in [-0.39, 0.29) is 11.1 Å². The lowest BCUT2D eigenvalue weighted by Crippen LogP contribution is -2.56. The SMILES string of the molecule is CC(NC1CN2CCC1CC2)c1c(Cl)ccc(F)c1Cl. The van der Waals surface area contributed by atoms with Gasteiger partial charge in [0.05, 0.1) is 5.02 Å². The van der Waals surface area contributed by atoms with E-state index in [1.54, 1.807) is 6.07 Å². The van der Waals surface area contributed by atoms with Gasteiger partial charge >= 0.3 is 0 Å². The average molecular weight is 317 g/mol. The molecule has 3 fully saturated rings. The molecule has 4 rings (SSSR count). The molecule has 3 aliphatic rings. The smallest absolute Gasteiger partial charge is 0.142 e. The zero-order valence-electron chi connectivity index (χ0n) is 11.5. The molecule has 0 spiro atoms. The lowest BCUT2D eigenvalue weighted by Gasteiger charge is -2.46. The minimum atomic E-state index is -0.409. The molecule has 5 heteroatoms. The molecule has 1 aromatic rings. The fourth-order valence-electron chi connectivity index (χ4n) is 3.50. The minimum absolute atomic E-state index is 0.0451. The van der Waals surface area contributed by atoms with E-state index in [2.05, 4.69) is 10.2 Å². The van der Waals surface area contributed by atoms with Crippen molar-refractivity contribution in [2.75, 3.05) is 19.6 Å². The maximum absolute atomic E-state index is 13.6. The van der Waals surface area contributed by atoms with E-state index in [4.69, 9.17) is 23.2 Å². The lowest BCUT2D eigenvalue weighted by atomic mass is 9.83. The third-order valence-corrected chi connectivity index (χ3v) is 5.35. The van der Waals surface area contributed by atoms with Gasteiger partial charge in [0.2, 0.25) is 0 Å². The molecule has 2 bridgehead atoms. The molecule has 1 N–H and O–H groups in total. The summed E-state index contributed by atoms with van der Waals surface area (Å²) in [5, 5.41) is 4.26. The van der Waals surface area contributed by atoms with E-state index in [1.807, 2.05) is 6.92 Å². The van der Waals surface area contributed by atoms with Crippen molar-refractivity contribution in [3.63, 3.8) is 0 Å². The molecular weight excluding hydrogens is 298 g/mol. The van der Waals surface area contributed by atoms with Gasteiger partial charge in [0.1, 0.15) is 5.82 Å². The molecule has 3 saturated heterocycles. The normalized spacial score (nSPS) is 30.5. The van der Waals surface area contributed by atoms with Gasteiger partial charge in [0.15, 0.2) is 0 Å². The second-order valence-corrected chi connectivity index (χ2v) is 6.67. The van der Waals surface area contributed by atoms with Crippen molar-refractivity contribution in [3.05, 3.63) is 33.6 Å². The summed E-state index contributed by atoms with van der Waals surface area (Å²) in [6.45, 7) is 5.49. The van der Waals surface area contributed by atoms with E-state index in [0.29, 0.717) is 22.5 Å². The summed E-state index contributed by atoms with van der Waals surface area (Å²) >= 11 is 12.3. The average Bonchev–Trinajstić information content (AvgIpc) is 2.45. The lowest BCUT2D eigenvalue weighted by molar-refractivity contribution is 0.0680. The van der Waals surface area contributed by atoms with Crippen LogP contribution in [0.2, 0.25) is 10.0 Å². The van der Waals surface area contributed by atoms with Gasteiger partial charge in [-0.3, -0.25) is 0 Å². The Morgan fingerprint density at radius 3 is 2.60 bits per heavy atom. The van der Waals surface area contributed by atoms with Gasteiger partial charge in [0, 0.05) is 29.2 Å². The van der Waals surface area contributed by atoms with Crippen molar-refractivity contribution in [2.24, 2.45) is 5.92 Å². The predicted molar refractivity (Wildman–Crippen MR) is 80.9 cm³/mol. The molecule has 0 aromatic heterocycles.